The molecule has 1 N–H and O–H groups in total. The van der Waals surface area contributed by atoms with Gasteiger partial charge in [0.25, 0.3) is 0 Å². The predicted octanol–water partition coefficient (Wildman–Crippen LogP) is 2.10. The number of alkyl halides is 3. The molecular formula is C7H12F3N. The molecule has 0 rings (SSSR count). The van der Waals surface area contributed by atoms with Crippen LogP contribution < -0.4 is 5.32 Å². The van der Waals surface area contributed by atoms with Crippen molar-refractivity contribution < 1.29 is 13.2 Å². The predicted molar refractivity (Wildman–Crippen MR) is 38.4 cm³/mol. The van der Waals surface area contributed by atoms with Crippen LogP contribution in [0.2, 0.25) is 0 Å². The summed E-state index contributed by atoms with van der Waals surface area (Å²) < 4.78 is 34.5. The highest BCUT2D eigenvalue weighted by Crippen LogP contribution is 2.17. The Balaban J connectivity index is 3.08. The largest absolute Gasteiger partial charge is 0.390 e. The zero-order valence-corrected chi connectivity index (χ0v) is 6.25. The third kappa shape index (κ3) is 9.49. The molecule has 0 saturated carbocycles. The van der Waals surface area contributed by atoms with Crippen LogP contribution in [0.25, 0.3) is 0 Å². The Kier molecular flexibility index (Phi) is 4.94. The molecular weight excluding hydrogens is 155 g/mol. The molecule has 0 saturated heterocycles. The SMILES string of the molecule is C=CCCNCCC(F)(F)F. The van der Waals surface area contributed by atoms with Crippen molar-refractivity contribution in [2.24, 2.45) is 0 Å². The second kappa shape index (κ2) is 5.18. The molecule has 0 heterocycles. The molecule has 0 aliphatic carbocycles. The summed E-state index contributed by atoms with van der Waals surface area (Å²) in [6.45, 7) is 4.01. The lowest BCUT2D eigenvalue weighted by Gasteiger charge is -2.05. The van der Waals surface area contributed by atoms with Crippen LogP contribution in [0.1, 0.15) is 12.8 Å². The summed E-state index contributed by atoms with van der Waals surface area (Å²) in [6.07, 6.45) is -2.43. The van der Waals surface area contributed by atoms with Crippen molar-refractivity contribution in [3.05, 3.63) is 12.7 Å². The quantitative estimate of drug-likeness (QED) is 0.488. The van der Waals surface area contributed by atoms with Gasteiger partial charge in [-0.25, -0.2) is 0 Å². The topological polar surface area (TPSA) is 12.0 Å². The number of halogens is 3. The average Bonchev–Trinajstić information content (AvgIpc) is 1.85. The molecule has 0 aromatic rings. The minimum atomic E-state index is -4.04. The van der Waals surface area contributed by atoms with Crippen molar-refractivity contribution >= 4 is 0 Å². The number of rotatable bonds is 5. The Hall–Kier alpha value is -0.510. The fraction of sp³-hybridized carbons (Fsp3) is 0.714. The molecule has 0 spiro atoms. The maximum atomic E-state index is 11.5. The van der Waals surface area contributed by atoms with Crippen molar-refractivity contribution in [1.82, 2.24) is 5.32 Å². The van der Waals surface area contributed by atoms with E-state index in [0.717, 1.165) is 0 Å². The van der Waals surface area contributed by atoms with Gasteiger partial charge in [-0.05, 0) is 13.0 Å². The van der Waals surface area contributed by atoms with E-state index >= 15 is 0 Å². The lowest BCUT2D eigenvalue weighted by molar-refractivity contribution is -0.133. The van der Waals surface area contributed by atoms with Gasteiger partial charge in [-0.3, -0.25) is 0 Å². The lowest BCUT2D eigenvalue weighted by atomic mass is 10.4. The number of hydrogen-bond donors (Lipinski definition) is 1. The molecule has 0 aromatic carbocycles. The molecule has 0 aliphatic heterocycles. The minimum absolute atomic E-state index is 0.00264. The second-order valence-corrected chi connectivity index (χ2v) is 2.19. The smallest absolute Gasteiger partial charge is 0.316 e. The van der Waals surface area contributed by atoms with E-state index in [0.29, 0.717) is 13.0 Å². The molecule has 11 heavy (non-hydrogen) atoms. The molecule has 0 fully saturated rings. The van der Waals surface area contributed by atoms with Crippen molar-refractivity contribution in [1.29, 1.82) is 0 Å². The molecule has 0 aromatic heterocycles. The van der Waals surface area contributed by atoms with Crippen LogP contribution >= 0.6 is 0 Å². The summed E-state index contributed by atoms with van der Waals surface area (Å²) in [6, 6.07) is 0. The molecule has 0 radical (unpaired) electrons. The van der Waals surface area contributed by atoms with Crippen molar-refractivity contribution in [3.63, 3.8) is 0 Å². The molecule has 0 bridgehead atoms. The first-order valence-corrected chi connectivity index (χ1v) is 3.44. The standard InChI is InChI=1S/C7H12F3N/c1-2-3-5-11-6-4-7(8,9)10/h2,11H,1,3-6H2. The molecule has 66 valence electrons. The Labute approximate surface area is 64.3 Å². The van der Waals surface area contributed by atoms with Gasteiger partial charge in [0, 0.05) is 6.54 Å². The van der Waals surface area contributed by atoms with Crippen LogP contribution in [0.4, 0.5) is 13.2 Å². The summed E-state index contributed by atoms with van der Waals surface area (Å²) in [7, 11) is 0. The van der Waals surface area contributed by atoms with Crippen LogP contribution in [0, 0.1) is 0 Å². The highest BCUT2D eigenvalue weighted by Gasteiger charge is 2.25. The fourth-order valence-corrected chi connectivity index (χ4v) is 0.559. The first-order chi connectivity index (χ1) is 5.06. The Morgan fingerprint density at radius 1 is 1.27 bits per heavy atom. The van der Waals surface area contributed by atoms with Gasteiger partial charge >= 0.3 is 6.18 Å². The van der Waals surface area contributed by atoms with Gasteiger partial charge in [0.2, 0.25) is 0 Å². The Morgan fingerprint density at radius 2 is 1.91 bits per heavy atom. The summed E-state index contributed by atoms with van der Waals surface area (Å²) in [5.74, 6) is 0. The van der Waals surface area contributed by atoms with Crippen molar-refractivity contribution in [2.75, 3.05) is 13.1 Å². The second-order valence-electron chi connectivity index (χ2n) is 2.19. The monoisotopic (exact) mass is 167 g/mol. The zero-order valence-electron chi connectivity index (χ0n) is 6.25. The first-order valence-electron chi connectivity index (χ1n) is 3.44. The van der Waals surface area contributed by atoms with E-state index in [1.165, 1.54) is 0 Å². The van der Waals surface area contributed by atoms with E-state index in [2.05, 4.69) is 11.9 Å². The van der Waals surface area contributed by atoms with E-state index in [1.807, 2.05) is 0 Å². The zero-order chi connectivity index (χ0) is 8.74. The van der Waals surface area contributed by atoms with Gasteiger partial charge in [0.15, 0.2) is 0 Å². The fourth-order valence-electron chi connectivity index (χ4n) is 0.559. The van der Waals surface area contributed by atoms with Gasteiger partial charge in [-0.15, -0.1) is 6.58 Å². The summed E-state index contributed by atoms with van der Waals surface area (Å²) in [5.41, 5.74) is 0. The van der Waals surface area contributed by atoms with E-state index in [1.54, 1.807) is 6.08 Å². The van der Waals surface area contributed by atoms with E-state index < -0.39 is 12.6 Å². The Bertz CT molecular complexity index is 109. The van der Waals surface area contributed by atoms with Crippen LogP contribution in [-0.4, -0.2) is 19.3 Å². The highest BCUT2D eigenvalue weighted by atomic mass is 19.4. The van der Waals surface area contributed by atoms with Gasteiger partial charge in [0.05, 0.1) is 6.42 Å². The Morgan fingerprint density at radius 3 is 2.36 bits per heavy atom. The molecule has 0 amide bonds. The summed E-state index contributed by atoms with van der Waals surface area (Å²) in [5, 5.41) is 2.65. The minimum Gasteiger partial charge on any atom is -0.316 e. The molecule has 0 aliphatic rings. The average molecular weight is 167 g/mol. The van der Waals surface area contributed by atoms with Crippen LogP contribution in [-0.2, 0) is 0 Å². The van der Waals surface area contributed by atoms with Crippen LogP contribution in [0.5, 0.6) is 0 Å². The first kappa shape index (κ1) is 10.5. The van der Waals surface area contributed by atoms with Gasteiger partial charge in [0.1, 0.15) is 0 Å². The molecule has 1 nitrogen and oxygen atoms in total. The van der Waals surface area contributed by atoms with Crippen molar-refractivity contribution in [2.45, 2.75) is 19.0 Å². The van der Waals surface area contributed by atoms with Gasteiger partial charge < -0.3 is 5.32 Å². The third-order valence-corrected chi connectivity index (χ3v) is 1.11. The molecule has 0 atom stereocenters. The third-order valence-electron chi connectivity index (χ3n) is 1.11. The number of hydrogen-bond acceptors (Lipinski definition) is 1. The molecule has 0 unspecified atom stereocenters. The summed E-state index contributed by atoms with van der Waals surface area (Å²) in [4.78, 5) is 0. The maximum absolute atomic E-state index is 11.5. The molecule has 4 heteroatoms. The highest BCUT2D eigenvalue weighted by molar-refractivity contribution is 4.67. The van der Waals surface area contributed by atoms with Gasteiger partial charge in [-0.2, -0.15) is 13.2 Å². The van der Waals surface area contributed by atoms with Crippen LogP contribution in [0.3, 0.4) is 0 Å². The lowest BCUT2D eigenvalue weighted by Crippen LogP contribution is -2.22. The van der Waals surface area contributed by atoms with Crippen molar-refractivity contribution in [3.8, 4) is 0 Å². The van der Waals surface area contributed by atoms with Gasteiger partial charge in [-0.1, -0.05) is 6.08 Å². The normalized spacial score (nSPS) is 11.5. The maximum Gasteiger partial charge on any atom is 0.390 e. The van der Waals surface area contributed by atoms with E-state index in [4.69, 9.17) is 0 Å². The van der Waals surface area contributed by atoms with E-state index in [-0.39, 0.29) is 6.54 Å². The number of nitrogens with one attached hydrogen (secondary N) is 1. The summed E-state index contributed by atoms with van der Waals surface area (Å²) >= 11 is 0. The van der Waals surface area contributed by atoms with E-state index in [9.17, 15) is 13.2 Å². The van der Waals surface area contributed by atoms with Crippen LogP contribution in [0.15, 0.2) is 12.7 Å².